The van der Waals surface area contributed by atoms with Crippen LogP contribution in [0.4, 0.5) is 10.7 Å². The van der Waals surface area contributed by atoms with Crippen molar-refractivity contribution < 1.29 is 32.2 Å². The Kier molecular flexibility index (Phi) is 8.03. The van der Waals surface area contributed by atoms with Crippen molar-refractivity contribution in [2.75, 3.05) is 37.5 Å². The fourth-order valence-electron chi connectivity index (χ4n) is 4.28. The molecule has 1 N–H and O–H groups in total. The number of anilines is 2. The first-order chi connectivity index (χ1) is 17.8. The highest BCUT2D eigenvalue weighted by Gasteiger charge is 2.31. The summed E-state index contributed by atoms with van der Waals surface area (Å²) in [6.07, 6.45) is 3.49. The molecule has 1 amide bonds. The summed E-state index contributed by atoms with van der Waals surface area (Å²) in [5, 5.41) is 3.14. The summed E-state index contributed by atoms with van der Waals surface area (Å²) in [5.41, 5.74) is 1.40. The summed E-state index contributed by atoms with van der Waals surface area (Å²) < 4.78 is 44.1. The normalized spacial score (nSPS) is 12.8. The van der Waals surface area contributed by atoms with Gasteiger partial charge in [0.25, 0.3) is 10.0 Å². The summed E-state index contributed by atoms with van der Waals surface area (Å²) in [4.78, 5) is 27.0. The van der Waals surface area contributed by atoms with E-state index in [2.05, 4.69) is 5.32 Å². The number of hydrogen-bond donors (Lipinski definition) is 1. The Balaban J connectivity index is 1.72. The number of amides is 1. The molecule has 2 aromatic carbocycles. The van der Waals surface area contributed by atoms with Gasteiger partial charge in [0, 0.05) is 10.9 Å². The molecule has 1 heterocycles. The van der Waals surface area contributed by atoms with Crippen molar-refractivity contribution in [2.45, 2.75) is 30.6 Å². The Morgan fingerprint density at radius 3 is 2.41 bits per heavy atom. The smallest absolute Gasteiger partial charge is 0.341 e. The number of methoxy groups -OCH3 is 3. The Bertz CT molecular complexity index is 1400. The minimum atomic E-state index is -4.16. The Hall–Kier alpha value is -3.57. The quantitative estimate of drug-likeness (QED) is 0.401. The fraction of sp³-hybridized carbons (Fsp3) is 0.308. The van der Waals surface area contributed by atoms with Crippen molar-refractivity contribution >= 4 is 43.9 Å². The lowest BCUT2D eigenvalue weighted by atomic mass is 9.95. The van der Waals surface area contributed by atoms with E-state index in [4.69, 9.17) is 14.2 Å². The van der Waals surface area contributed by atoms with E-state index in [-0.39, 0.29) is 16.3 Å². The van der Waals surface area contributed by atoms with Crippen LogP contribution in [0.1, 0.15) is 33.6 Å². The number of carbonyl (C=O) groups excluding carboxylic acids is 2. The van der Waals surface area contributed by atoms with E-state index in [0.29, 0.717) is 16.3 Å². The summed E-state index contributed by atoms with van der Waals surface area (Å²) >= 11 is 1.33. The number of nitrogens with one attached hydrogen (secondary N) is 1. The lowest BCUT2D eigenvalue weighted by molar-refractivity contribution is -0.114. The van der Waals surface area contributed by atoms with Gasteiger partial charge in [-0.05, 0) is 55.5 Å². The van der Waals surface area contributed by atoms with Crippen LogP contribution in [-0.4, -0.2) is 48.2 Å². The van der Waals surface area contributed by atoms with Gasteiger partial charge < -0.3 is 19.5 Å². The number of benzene rings is 2. The van der Waals surface area contributed by atoms with Gasteiger partial charge in [-0.25, -0.2) is 13.2 Å². The van der Waals surface area contributed by atoms with Crippen LogP contribution in [0.3, 0.4) is 0 Å². The SMILES string of the molecule is COC(=O)c1c(NC(=O)CN(c2ccc(OC)cc2OC)S(=O)(=O)c2ccccc2)sc2c1CCCC2. The van der Waals surface area contributed by atoms with Crippen LogP contribution >= 0.6 is 11.3 Å². The minimum absolute atomic E-state index is 0.0162. The van der Waals surface area contributed by atoms with Crippen molar-refractivity contribution in [2.24, 2.45) is 0 Å². The van der Waals surface area contributed by atoms with E-state index in [1.165, 1.54) is 50.9 Å². The number of nitrogens with zero attached hydrogens (tertiary/aromatic N) is 1. The molecule has 1 aliphatic carbocycles. The average Bonchev–Trinajstić information content (AvgIpc) is 3.29. The summed E-state index contributed by atoms with van der Waals surface area (Å²) in [7, 11) is 0.0262. The predicted molar refractivity (Wildman–Crippen MR) is 141 cm³/mol. The van der Waals surface area contributed by atoms with Crippen molar-refractivity contribution in [3.63, 3.8) is 0 Å². The molecule has 4 rings (SSSR count). The van der Waals surface area contributed by atoms with Crippen LogP contribution in [0.5, 0.6) is 11.5 Å². The molecule has 0 saturated heterocycles. The molecule has 0 aliphatic heterocycles. The van der Waals surface area contributed by atoms with Gasteiger partial charge in [0.2, 0.25) is 5.91 Å². The summed E-state index contributed by atoms with van der Waals surface area (Å²) in [5.74, 6) is -0.455. The number of esters is 1. The molecule has 0 radical (unpaired) electrons. The first kappa shape index (κ1) is 26.5. The Morgan fingerprint density at radius 2 is 1.73 bits per heavy atom. The van der Waals surface area contributed by atoms with Crippen molar-refractivity contribution in [1.82, 2.24) is 0 Å². The van der Waals surface area contributed by atoms with Crippen molar-refractivity contribution in [3.05, 3.63) is 64.5 Å². The molecule has 0 fully saturated rings. The standard InChI is InChI=1S/C26H28N2O7S2/c1-33-17-13-14-20(21(15-17)34-2)28(37(31,32)18-9-5-4-6-10-18)16-23(29)27-25-24(26(30)35-3)19-11-7-8-12-22(19)36-25/h4-6,9-10,13-15H,7-8,11-12,16H2,1-3H3,(H,27,29). The molecule has 37 heavy (non-hydrogen) atoms. The van der Waals surface area contributed by atoms with E-state index in [1.807, 2.05) is 0 Å². The van der Waals surface area contributed by atoms with Crippen molar-refractivity contribution in [3.8, 4) is 11.5 Å². The Labute approximate surface area is 220 Å². The molecule has 1 aromatic heterocycles. The van der Waals surface area contributed by atoms with Crippen LogP contribution in [0.25, 0.3) is 0 Å². The van der Waals surface area contributed by atoms with Crippen LogP contribution in [0.15, 0.2) is 53.4 Å². The highest BCUT2D eigenvalue weighted by atomic mass is 32.2. The van der Waals surface area contributed by atoms with Crippen LogP contribution in [0, 0.1) is 0 Å². The number of aryl methyl sites for hydroxylation is 1. The van der Waals surface area contributed by atoms with E-state index < -0.39 is 28.4 Å². The highest BCUT2D eigenvalue weighted by Crippen LogP contribution is 2.39. The molecule has 11 heteroatoms. The minimum Gasteiger partial charge on any atom is -0.497 e. The van der Waals surface area contributed by atoms with E-state index in [9.17, 15) is 18.0 Å². The van der Waals surface area contributed by atoms with Gasteiger partial charge in [-0.2, -0.15) is 0 Å². The number of sulfonamides is 1. The van der Waals surface area contributed by atoms with E-state index in [0.717, 1.165) is 40.4 Å². The molecule has 0 saturated carbocycles. The van der Waals surface area contributed by atoms with E-state index >= 15 is 0 Å². The van der Waals surface area contributed by atoms with Crippen LogP contribution in [-0.2, 0) is 32.4 Å². The van der Waals surface area contributed by atoms with Gasteiger partial charge in [-0.15, -0.1) is 11.3 Å². The zero-order chi connectivity index (χ0) is 26.6. The zero-order valence-corrected chi connectivity index (χ0v) is 22.4. The first-order valence-corrected chi connectivity index (χ1v) is 13.9. The molecule has 196 valence electrons. The maximum atomic E-state index is 13.7. The maximum absolute atomic E-state index is 13.7. The third-order valence-electron chi connectivity index (χ3n) is 6.09. The molecule has 9 nitrogen and oxygen atoms in total. The lowest BCUT2D eigenvalue weighted by Crippen LogP contribution is -2.38. The number of hydrogen-bond acceptors (Lipinski definition) is 8. The third-order valence-corrected chi connectivity index (χ3v) is 9.07. The van der Waals surface area contributed by atoms with Gasteiger partial charge in [-0.1, -0.05) is 18.2 Å². The predicted octanol–water partition coefficient (Wildman–Crippen LogP) is 4.26. The van der Waals surface area contributed by atoms with Gasteiger partial charge >= 0.3 is 5.97 Å². The number of ether oxygens (including phenoxy) is 3. The first-order valence-electron chi connectivity index (χ1n) is 11.6. The zero-order valence-electron chi connectivity index (χ0n) is 20.8. The molecule has 3 aromatic rings. The molecule has 0 bridgehead atoms. The largest absolute Gasteiger partial charge is 0.497 e. The highest BCUT2D eigenvalue weighted by molar-refractivity contribution is 7.92. The molecule has 0 atom stereocenters. The van der Waals surface area contributed by atoms with Crippen LogP contribution < -0.4 is 19.1 Å². The second-order valence-corrected chi connectivity index (χ2v) is 11.3. The van der Waals surface area contributed by atoms with Gasteiger partial charge in [0.1, 0.15) is 23.0 Å². The maximum Gasteiger partial charge on any atom is 0.341 e. The second kappa shape index (κ2) is 11.2. The molecular formula is C26H28N2O7S2. The molecule has 1 aliphatic rings. The van der Waals surface area contributed by atoms with Crippen LogP contribution in [0.2, 0.25) is 0 Å². The molecule has 0 unspecified atom stereocenters. The molecule has 0 spiro atoms. The van der Waals surface area contributed by atoms with Crippen molar-refractivity contribution in [1.29, 1.82) is 0 Å². The second-order valence-electron chi connectivity index (χ2n) is 8.32. The monoisotopic (exact) mass is 544 g/mol. The summed E-state index contributed by atoms with van der Waals surface area (Å²) in [6.45, 7) is -0.552. The topological polar surface area (TPSA) is 111 Å². The Morgan fingerprint density at radius 1 is 1.00 bits per heavy atom. The number of carbonyl (C=O) groups is 2. The number of rotatable bonds is 9. The van der Waals surface area contributed by atoms with Gasteiger partial charge in [0.05, 0.1) is 37.5 Å². The fourth-order valence-corrected chi connectivity index (χ4v) is 7.02. The number of thiophene rings is 1. The molecular weight excluding hydrogens is 516 g/mol. The summed E-state index contributed by atoms with van der Waals surface area (Å²) in [6, 6.07) is 12.5. The average molecular weight is 545 g/mol. The van der Waals surface area contributed by atoms with Gasteiger partial charge in [0.15, 0.2) is 0 Å². The number of fused-ring (bicyclic) bond motifs is 1. The van der Waals surface area contributed by atoms with E-state index in [1.54, 1.807) is 30.3 Å². The lowest BCUT2D eigenvalue weighted by Gasteiger charge is -2.26. The van der Waals surface area contributed by atoms with Gasteiger partial charge in [-0.3, -0.25) is 9.10 Å². The third kappa shape index (κ3) is 5.42.